The van der Waals surface area contributed by atoms with E-state index in [-0.39, 0.29) is 17.7 Å². The van der Waals surface area contributed by atoms with Gasteiger partial charge in [-0.2, -0.15) is 4.98 Å². The van der Waals surface area contributed by atoms with Crippen LogP contribution in [-0.2, 0) is 4.74 Å². The van der Waals surface area contributed by atoms with Crippen LogP contribution in [0.15, 0.2) is 17.1 Å². The number of aliphatic hydroxyl groups is 2. The minimum Gasteiger partial charge on any atom is -0.394 e. The van der Waals surface area contributed by atoms with E-state index >= 15 is 0 Å². The summed E-state index contributed by atoms with van der Waals surface area (Å²) in [7, 11) is 3.00. The van der Waals surface area contributed by atoms with Crippen molar-refractivity contribution >= 4 is 27.4 Å². The van der Waals surface area contributed by atoms with Gasteiger partial charge < -0.3 is 20.7 Å². The summed E-state index contributed by atoms with van der Waals surface area (Å²) in [5.41, 5.74) is 4.92. The molecule has 0 saturated carbocycles. The first-order valence-corrected chi connectivity index (χ1v) is 8.54. The third kappa shape index (κ3) is 3.12. The molecule has 4 N–H and O–H groups in total. The molecule has 1 aliphatic rings. The van der Waals surface area contributed by atoms with Crippen LogP contribution >= 0.6 is 21.6 Å². The van der Waals surface area contributed by atoms with E-state index in [1.165, 1.54) is 27.6 Å². The SMILES string of the molecule is CCSSC1[C@@H](O)[C@@H](CO)O[C@H]1n1ccc(N)nc1=O. The molecule has 2 heterocycles. The predicted octanol–water partition coefficient (Wildman–Crippen LogP) is -0.154. The number of anilines is 1. The third-order valence-electron chi connectivity index (χ3n) is 2.92. The number of hydrogen-bond acceptors (Lipinski definition) is 8. The van der Waals surface area contributed by atoms with E-state index in [0.717, 1.165) is 5.75 Å². The maximum Gasteiger partial charge on any atom is 0.351 e. The molecule has 0 amide bonds. The Morgan fingerprint density at radius 2 is 2.35 bits per heavy atom. The molecule has 7 nitrogen and oxygen atoms in total. The Balaban J connectivity index is 2.29. The van der Waals surface area contributed by atoms with E-state index in [9.17, 15) is 15.0 Å². The second-order valence-corrected chi connectivity index (χ2v) is 7.08. The van der Waals surface area contributed by atoms with Gasteiger partial charge in [0.1, 0.15) is 11.9 Å². The Hall–Kier alpha value is -0.740. The third-order valence-corrected chi connectivity index (χ3v) is 5.80. The molecule has 1 aromatic heterocycles. The van der Waals surface area contributed by atoms with E-state index in [1.807, 2.05) is 6.92 Å². The summed E-state index contributed by atoms with van der Waals surface area (Å²) < 4.78 is 6.88. The highest BCUT2D eigenvalue weighted by Gasteiger charge is 2.45. The van der Waals surface area contributed by atoms with Crippen molar-refractivity contribution in [3.8, 4) is 0 Å². The van der Waals surface area contributed by atoms with Gasteiger partial charge >= 0.3 is 5.69 Å². The van der Waals surface area contributed by atoms with Crippen LogP contribution in [0.3, 0.4) is 0 Å². The minimum atomic E-state index is -0.849. The molecule has 4 atom stereocenters. The molecule has 2 rings (SSSR count). The average Bonchev–Trinajstić information content (AvgIpc) is 2.73. The molecule has 0 spiro atoms. The standard InChI is InChI=1S/C11H17N3O4S2/c1-2-19-20-9-8(16)6(5-15)18-10(9)14-4-3-7(12)13-11(14)17/h3-4,6,8-10,15-16H,2,5H2,1H3,(H2,12,13,17)/t6-,8+,9?,10-/m1/s1. The Bertz CT molecular complexity index is 513. The fraction of sp³-hybridized carbons (Fsp3) is 0.636. The number of aromatic nitrogens is 2. The van der Waals surface area contributed by atoms with E-state index < -0.39 is 24.1 Å². The second kappa shape index (κ2) is 6.81. The zero-order valence-electron chi connectivity index (χ0n) is 10.9. The van der Waals surface area contributed by atoms with Crippen molar-refractivity contribution in [1.29, 1.82) is 0 Å². The molecule has 1 fully saturated rings. The van der Waals surface area contributed by atoms with Gasteiger partial charge in [0.2, 0.25) is 0 Å². The first kappa shape index (κ1) is 15.6. The highest BCUT2D eigenvalue weighted by atomic mass is 33.1. The molecule has 1 aliphatic heterocycles. The lowest BCUT2D eigenvalue weighted by atomic mass is 10.2. The minimum absolute atomic E-state index is 0.135. The van der Waals surface area contributed by atoms with Crippen LogP contribution in [0.4, 0.5) is 5.82 Å². The number of ether oxygens (including phenoxy) is 1. The van der Waals surface area contributed by atoms with E-state index in [1.54, 1.807) is 10.8 Å². The van der Waals surface area contributed by atoms with Gasteiger partial charge in [0.15, 0.2) is 6.23 Å². The molecule has 1 unspecified atom stereocenters. The monoisotopic (exact) mass is 319 g/mol. The van der Waals surface area contributed by atoms with Gasteiger partial charge in [-0.1, -0.05) is 28.5 Å². The highest BCUT2D eigenvalue weighted by Crippen LogP contribution is 2.42. The fourth-order valence-corrected chi connectivity index (χ4v) is 4.34. The van der Waals surface area contributed by atoms with Crippen molar-refractivity contribution in [3.05, 3.63) is 22.7 Å². The Morgan fingerprint density at radius 1 is 1.60 bits per heavy atom. The first-order valence-electron chi connectivity index (χ1n) is 6.15. The fourth-order valence-electron chi connectivity index (χ4n) is 1.96. The second-order valence-electron chi connectivity index (χ2n) is 4.25. The maximum atomic E-state index is 11.9. The molecule has 1 aromatic rings. The largest absolute Gasteiger partial charge is 0.394 e. The van der Waals surface area contributed by atoms with Crippen LogP contribution in [0, 0.1) is 0 Å². The topological polar surface area (TPSA) is 111 Å². The molecule has 0 radical (unpaired) electrons. The predicted molar refractivity (Wildman–Crippen MR) is 79.4 cm³/mol. The first-order chi connectivity index (χ1) is 9.58. The summed E-state index contributed by atoms with van der Waals surface area (Å²) >= 11 is 0. The van der Waals surface area contributed by atoms with E-state index in [4.69, 9.17) is 10.5 Å². The number of nitrogen functional groups attached to an aromatic ring is 1. The number of nitrogens with two attached hydrogens (primary N) is 1. The van der Waals surface area contributed by atoms with Crippen molar-refractivity contribution < 1.29 is 14.9 Å². The van der Waals surface area contributed by atoms with Crippen molar-refractivity contribution in [2.24, 2.45) is 0 Å². The van der Waals surface area contributed by atoms with Crippen LogP contribution in [0.2, 0.25) is 0 Å². The van der Waals surface area contributed by atoms with E-state index in [2.05, 4.69) is 4.98 Å². The summed E-state index contributed by atoms with van der Waals surface area (Å²) in [5, 5.41) is 19.0. The summed E-state index contributed by atoms with van der Waals surface area (Å²) in [6.45, 7) is 1.69. The molecule has 112 valence electrons. The lowest BCUT2D eigenvalue weighted by molar-refractivity contribution is -0.0456. The summed E-state index contributed by atoms with van der Waals surface area (Å²) in [4.78, 5) is 15.5. The van der Waals surface area contributed by atoms with Gasteiger partial charge in [-0.25, -0.2) is 4.79 Å². The van der Waals surface area contributed by atoms with Gasteiger partial charge in [0.25, 0.3) is 0 Å². The molecule has 20 heavy (non-hydrogen) atoms. The molecule has 0 aliphatic carbocycles. The lowest BCUT2D eigenvalue weighted by Gasteiger charge is -2.20. The summed E-state index contributed by atoms with van der Waals surface area (Å²) in [6.07, 6.45) is -0.740. The molecule has 9 heteroatoms. The smallest absolute Gasteiger partial charge is 0.351 e. The van der Waals surface area contributed by atoms with Gasteiger partial charge in [-0.3, -0.25) is 4.57 Å². The molecular weight excluding hydrogens is 302 g/mol. The van der Waals surface area contributed by atoms with Crippen molar-refractivity contribution in [1.82, 2.24) is 9.55 Å². The summed E-state index contributed by atoms with van der Waals surface area (Å²) in [5.74, 6) is 0.995. The number of nitrogens with zero attached hydrogens (tertiary/aromatic N) is 2. The quantitative estimate of drug-likeness (QED) is 0.643. The van der Waals surface area contributed by atoms with Crippen molar-refractivity contribution in [3.63, 3.8) is 0 Å². The lowest BCUT2D eigenvalue weighted by Crippen LogP contribution is -2.34. The molecule has 1 saturated heterocycles. The van der Waals surface area contributed by atoms with E-state index in [0.29, 0.717) is 0 Å². The number of rotatable bonds is 5. The Kier molecular flexibility index (Phi) is 5.33. The Labute approximate surface area is 123 Å². The van der Waals surface area contributed by atoms with Gasteiger partial charge in [0, 0.05) is 11.9 Å². The van der Waals surface area contributed by atoms with Gasteiger partial charge in [-0.15, -0.1) is 0 Å². The van der Waals surface area contributed by atoms with Gasteiger partial charge in [-0.05, 0) is 6.07 Å². The average molecular weight is 319 g/mol. The zero-order valence-corrected chi connectivity index (χ0v) is 12.5. The van der Waals surface area contributed by atoms with Crippen LogP contribution in [-0.4, -0.2) is 49.6 Å². The Morgan fingerprint density at radius 3 is 2.95 bits per heavy atom. The number of aliphatic hydroxyl groups excluding tert-OH is 2. The van der Waals surface area contributed by atoms with Crippen LogP contribution in [0.25, 0.3) is 0 Å². The number of hydrogen-bond donors (Lipinski definition) is 3. The van der Waals surface area contributed by atoms with Crippen LogP contribution in [0.1, 0.15) is 13.2 Å². The van der Waals surface area contributed by atoms with Crippen molar-refractivity contribution in [2.75, 3.05) is 18.1 Å². The maximum absolute atomic E-state index is 11.9. The van der Waals surface area contributed by atoms with Crippen molar-refractivity contribution in [2.45, 2.75) is 30.6 Å². The highest BCUT2D eigenvalue weighted by molar-refractivity contribution is 8.76. The van der Waals surface area contributed by atoms with Crippen LogP contribution in [0.5, 0.6) is 0 Å². The van der Waals surface area contributed by atoms with Crippen LogP contribution < -0.4 is 11.4 Å². The molecular formula is C11H17N3O4S2. The van der Waals surface area contributed by atoms with Gasteiger partial charge in [0.05, 0.1) is 18.0 Å². The zero-order chi connectivity index (χ0) is 14.7. The normalized spacial score (nSPS) is 29.8. The molecule has 0 aromatic carbocycles. The summed E-state index contributed by atoms with van der Waals surface area (Å²) in [6, 6.07) is 1.50. The molecule has 0 bridgehead atoms.